The fraction of sp³-hybridized carbons (Fsp3) is 0.200. The molecule has 2 rings (SSSR count). The summed E-state index contributed by atoms with van der Waals surface area (Å²) in [6, 6.07) is 4.84. The lowest BCUT2D eigenvalue weighted by molar-refractivity contribution is 0.276. The molecule has 0 bridgehead atoms. The van der Waals surface area contributed by atoms with Crippen LogP contribution in [0.25, 0.3) is 11.0 Å². The minimum absolute atomic E-state index is 0. The first-order chi connectivity index (χ1) is 7.63. The summed E-state index contributed by atoms with van der Waals surface area (Å²) < 4.78 is 1.23. The topological polar surface area (TPSA) is 101 Å². The molecule has 7 heteroatoms. The monoisotopic (exact) mass is 257 g/mol. The Morgan fingerprint density at radius 3 is 2.71 bits per heavy atom. The van der Waals surface area contributed by atoms with Gasteiger partial charge < -0.3 is 15.8 Å². The van der Waals surface area contributed by atoms with Gasteiger partial charge in [-0.3, -0.25) is 14.2 Å². The van der Waals surface area contributed by atoms with Crippen LogP contribution in [0.2, 0.25) is 0 Å². The van der Waals surface area contributed by atoms with Crippen molar-refractivity contribution in [1.82, 2.24) is 9.55 Å². The molecule has 4 N–H and O–H groups in total. The minimum atomic E-state index is -0.716. The van der Waals surface area contributed by atoms with Crippen LogP contribution in [0.3, 0.4) is 0 Å². The van der Waals surface area contributed by atoms with E-state index in [0.29, 0.717) is 16.7 Å². The first-order valence-corrected chi connectivity index (χ1v) is 4.76. The van der Waals surface area contributed by atoms with Crippen molar-refractivity contribution in [2.45, 2.75) is 6.54 Å². The van der Waals surface area contributed by atoms with Crippen LogP contribution in [0.5, 0.6) is 0 Å². The number of aliphatic hydroxyl groups excluding tert-OH is 1. The number of fused-ring (bicyclic) bond motifs is 1. The first-order valence-electron chi connectivity index (χ1n) is 4.76. The van der Waals surface area contributed by atoms with Crippen LogP contribution in [-0.4, -0.2) is 21.3 Å². The van der Waals surface area contributed by atoms with Gasteiger partial charge in [-0.05, 0) is 18.2 Å². The van der Waals surface area contributed by atoms with Gasteiger partial charge in [0.15, 0.2) is 0 Å². The third-order valence-electron chi connectivity index (χ3n) is 2.32. The highest BCUT2D eigenvalue weighted by Gasteiger charge is 2.06. The number of anilines is 1. The number of hydrogen-bond acceptors (Lipinski definition) is 4. The lowest BCUT2D eigenvalue weighted by atomic mass is 10.2. The zero-order valence-corrected chi connectivity index (χ0v) is 9.66. The van der Waals surface area contributed by atoms with Crippen molar-refractivity contribution in [3.8, 4) is 0 Å². The second-order valence-corrected chi connectivity index (χ2v) is 3.41. The molecule has 1 aromatic carbocycles. The van der Waals surface area contributed by atoms with E-state index in [2.05, 4.69) is 4.98 Å². The van der Waals surface area contributed by atoms with Crippen molar-refractivity contribution in [2.75, 3.05) is 12.3 Å². The van der Waals surface area contributed by atoms with Gasteiger partial charge in [-0.25, -0.2) is 0 Å². The van der Waals surface area contributed by atoms with E-state index < -0.39 is 11.1 Å². The molecule has 0 amide bonds. The Labute approximate surface area is 102 Å². The summed E-state index contributed by atoms with van der Waals surface area (Å²) in [5, 5.41) is 8.85. The van der Waals surface area contributed by atoms with Gasteiger partial charge in [0, 0.05) is 12.2 Å². The number of aromatic amines is 1. The van der Waals surface area contributed by atoms with Gasteiger partial charge in [-0.1, -0.05) is 0 Å². The number of nitrogens with zero attached hydrogens (tertiary/aromatic N) is 1. The molecule has 6 nitrogen and oxygen atoms in total. The molecule has 0 spiro atoms. The molecule has 0 aliphatic carbocycles. The van der Waals surface area contributed by atoms with E-state index in [4.69, 9.17) is 10.8 Å². The quantitative estimate of drug-likeness (QED) is 0.507. The van der Waals surface area contributed by atoms with Gasteiger partial charge in [-0.2, -0.15) is 0 Å². The fourth-order valence-corrected chi connectivity index (χ4v) is 1.62. The van der Waals surface area contributed by atoms with Gasteiger partial charge in [0.05, 0.1) is 17.6 Å². The van der Waals surface area contributed by atoms with Gasteiger partial charge in [0.1, 0.15) is 0 Å². The van der Waals surface area contributed by atoms with Gasteiger partial charge >= 0.3 is 11.1 Å². The number of nitrogens with two attached hydrogens (primary N) is 1. The molecule has 1 heterocycles. The molecule has 0 aliphatic heterocycles. The highest BCUT2D eigenvalue weighted by molar-refractivity contribution is 5.85. The molecule has 0 fully saturated rings. The van der Waals surface area contributed by atoms with E-state index in [1.54, 1.807) is 18.2 Å². The Balaban J connectivity index is 0.00000144. The Bertz CT molecular complexity index is 647. The van der Waals surface area contributed by atoms with Crippen LogP contribution in [0, 0.1) is 0 Å². The lowest BCUT2D eigenvalue weighted by Gasteiger charge is -2.07. The summed E-state index contributed by atoms with van der Waals surface area (Å²) >= 11 is 0. The van der Waals surface area contributed by atoms with E-state index in [1.165, 1.54) is 4.57 Å². The molecule has 0 radical (unpaired) electrons. The summed E-state index contributed by atoms with van der Waals surface area (Å²) in [4.78, 5) is 25.3. The van der Waals surface area contributed by atoms with Crippen molar-refractivity contribution < 1.29 is 5.11 Å². The van der Waals surface area contributed by atoms with Crippen molar-refractivity contribution in [2.24, 2.45) is 0 Å². The molecule has 2 aromatic rings. The van der Waals surface area contributed by atoms with E-state index in [0.717, 1.165) is 0 Å². The molecule has 0 atom stereocenters. The maximum absolute atomic E-state index is 11.5. The summed E-state index contributed by atoms with van der Waals surface area (Å²) in [7, 11) is 0. The predicted molar refractivity (Wildman–Crippen MR) is 67.6 cm³/mol. The normalized spacial score (nSPS) is 10.2. The number of aromatic nitrogens is 2. The molecule has 0 aliphatic rings. The summed E-state index contributed by atoms with van der Waals surface area (Å²) in [5.41, 5.74) is 5.72. The summed E-state index contributed by atoms with van der Waals surface area (Å²) in [6.07, 6.45) is 0. The van der Waals surface area contributed by atoms with Gasteiger partial charge in [-0.15, -0.1) is 12.4 Å². The number of H-pyrrole nitrogens is 1. The minimum Gasteiger partial charge on any atom is -0.399 e. The lowest BCUT2D eigenvalue weighted by Crippen LogP contribution is -2.37. The maximum atomic E-state index is 11.5. The number of rotatable bonds is 2. The van der Waals surface area contributed by atoms with E-state index in [9.17, 15) is 9.59 Å². The van der Waals surface area contributed by atoms with Crippen LogP contribution in [0.4, 0.5) is 5.69 Å². The van der Waals surface area contributed by atoms with Crippen molar-refractivity contribution >= 4 is 29.1 Å². The number of aliphatic hydroxyl groups is 1. The molecule has 0 saturated carbocycles. The molecule has 17 heavy (non-hydrogen) atoms. The molecule has 92 valence electrons. The molecule has 1 aromatic heterocycles. The van der Waals surface area contributed by atoms with Crippen molar-refractivity contribution in [1.29, 1.82) is 0 Å². The number of nitrogen functional groups attached to an aromatic ring is 1. The zero-order chi connectivity index (χ0) is 11.7. The number of halogens is 1. The predicted octanol–water partition coefficient (Wildman–Crippen LogP) is -0.314. The SMILES string of the molecule is Cl.Nc1ccc2c(c1)[nH]c(=O)c(=O)n2CCO. The van der Waals surface area contributed by atoms with Crippen LogP contribution in [0.1, 0.15) is 0 Å². The second-order valence-electron chi connectivity index (χ2n) is 3.41. The summed E-state index contributed by atoms with van der Waals surface area (Å²) in [6.45, 7) is -0.119. The van der Waals surface area contributed by atoms with Crippen LogP contribution in [0.15, 0.2) is 27.8 Å². The average molecular weight is 258 g/mol. The Morgan fingerprint density at radius 2 is 2.06 bits per heavy atom. The number of benzene rings is 1. The third-order valence-corrected chi connectivity index (χ3v) is 2.32. The van der Waals surface area contributed by atoms with Gasteiger partial charge in [0.25, 0.3) is 0 Å². The standard InChI is InChI=1S/C10H11N3O3.ClH/c11-6-1-2-8-7(5-6)12-9(15)10(16)13(8)3-4-14;/h1-2,5,14H,3-4,11H2,(H,12,15);1H. The largest absolute Gasteiger partial charge is 0.399 e. The number of hydrogen-bond donors (Lipinski definition) is 3. The first kappa shape index (κ1) is 13.3. The maximum Gasteiger partial charge on any atom is 0.316 e. The molecular formula is C10H12ClN3O3. The van der Waals surface area contributed by atoms with Gasteiger partial charge in [0.2, 0.25) is 0 Å². The highest BCUT2D eigenvalue weighted by atomic mass is 35.5. The Kier molecular flexibility index (Phi) is 3.93. The van der Waals surface area contributed by atoms with E-state index in [-0.39, 0.29) is 25.6 Å². The highest BCUT2D eigenvalue weighted by Crippen LogP contribution is 2.12. The Morgan fingerprint density at radius 1 is 1.35 bits per heavy atom. The Hall–Kier alpha value is -1.79. The average Bonchev–Trinajstić information content (AvgIpc) is 2.24. The summed E-state index contributed by atoms with van der Waals surface area (Å²) in [5.74, 6) is 0. The smallest absolute Gasteiger partial charge is 0.316 e. The zero-order valence-electron chi connectivity index (χ0n) is 8.84. The second kappa shape index (κ2) is 5.03. The fourth-order valence-electron chi connectivity index (χ4n) is 1.62. The molecule has 0 saturated heterocycles. The van der Waals surface area contributed by atoms with Crippen molar-refractivity contribution in [3.05, 3.63) is 38.9 Å². The molecular weight excluding hydrogens is 246 g/mol. The molecule has 0 unspecified atom stereocenters. The van der Waals surface area contributed by atoms with Crippen LogP contribution in [-0.2, 0) is 6.54 Å². The van der Waals surface area contributed by atoms with E-state index >= 15 is 0 Å². The van der Waals surface area contributed by atoms with Crippen molar-refractivity contribution in [3.63, 3.8) is 0 Å². The number of nitrogens with one attached hydrogen (secondary N) is 1. The third kappa shape index (κ3) is 2.32. The van der Waals surface area contributed by atoms with Crippen LogP contribution >= 0.6 is 12.4 Å². The van der Waals surface area contributed by atoms with E-state index in [1.807, 2.05) is 0 Å². The van der Waals surface area contributed by atoms with Crippen LogP contribution < -0.4 is 16.9 Å².